The van der Waals surface area contributed by atoms with Crippen molar-refractivity contribution in [1.29, 1.82) is 0 Å². The molecule has 0 saturated carbocycles. The summed E-state index contributed by atoms with van der Waals surface area (Å²) in [7, 11) is 0. The molecule has 0 radical (unpaired) electrons. The second-order valence-electron chi connectivity index (χ2n) is 5.21. The Labute approximate surface area is 123 Å². The van der Waals surface area contributed by atoms with Crippen molar-refractivity contribution in [2.24, 2.45) is 0 Å². The molecule has 1 aromatic rings. The van der Waals surface area contributed by atoms with Crippen molar-refractivity contribution in [3.8, 4) is 0 Å². The van der Waals surface area contributed by atoms with E-state index in [1.54, 1.807) is 17.0 Å². The van der Waals surface area contributed by atoms with E-state index in [4.69, 9.17) is 5.11 Å². The van der Waals surface area contributed by atoms with Crippen molar-refractivity contribution >= 4 is 11.9 Å². The van der Waals surface area contributed by atoms with Crippen LogP contribution >= 0.6 is 0 Å². The predicted octanol–water partition coefficient (Wildman–Crippen LogP) is 0.987. The molecule has 1 N–H and O–H groups in total. The highest BCUT2D eigenvalue weighted by Crippen LogP contribution is 2.08. The number of carboxylic acids is 1. The molecule has 1 aliphatic rings. The first kappa shape index (κ1) is 15.4. The zero-order valence-electron chi connectivity index (χ0n) is 11.8. The molecule has 6 heteroatoms. The molecule has 0 bridgehead atoms. The third kappa shape index (κ3) is 4.82. The Morgan fingerprint density at radius 1 is 1.10 bits per heavy atom. The molecular formula is C15H19FN2O3. The van der Waals surface area contributed by atoms with Gasteiger partial charge in [-0.2, -0.15) is 0 Å². The maximum Gasteiger partial charge on any atom is 0.317 e. The predicted molar refractivity (Wildman–Crippen MR) is 75.4 cm³/mol. The molecule has 21 heavy (non-hydrogen) atoms. The summed E-state index contributed by atoms with van der Waals surface area (Å²) >= 11 is 0. The lowest BCUT2D eigenvalue weighted by Crippen LogP contribution is -2.37. The number of hydrogen-bond acceptors (Lipinski definition) is 3. The third-order valence-electron chi connectivity index (χ3n) is 3.57. The fraction of sp³-hybridized carbons (Fsp3) is 0.467. The Morgan fingerprint density at radius 2 is 1.81 bits per heavy atom. The van der Waals surface area contributed by atoms with E-state index in [0.717, 1.165) is 12.0 Å². The number of halogens is 1. The smallest absolute Gasteiger partial charge is 0.317 e. The molecule has 1 aromatic carbocycles. The van der Waals surface area contributed by atoms with Crippen LogP contribution in [0.15, 0.2) is 24.3 Å². The summed E-state index contributed by atoms with van der Waals surface area (Å²) in [6.45, 7) is 2.44. The molecule has 0 aromatic heterocycles. The molecule has 5 nitrogen and oxygen atoms in total. The van der Waals surface area contributed by atoms with Crippen molar-refractivity contribution in [2.45, 2.75) is 12.8 Å². The van der Waals surface area contributed by atoms with Crippen molar-refractivity contribution < 1.29 is 19.1 Å². The van der Waals surface area contributed by atoms with Gasteiger partial charge in [-0.25, -0.2) is 4.39 Å². The van der Waals surface area contributed by atoms with Crippen LogP contribution in [0.4, 0.5) is 4.39 Å². The SMILES string of the molecule is O=C(O)CN1CCCN(C(=O)Cc2ccc(F)cc2)CC1. The summed E-state index contributed by atoms with van der Waals surface area (Å²) in [5.74, 6) is -1.16. The van der Waals surface area contributed by atoms with Gasteiger partial charge in [0.2, 0.25) is 5.91 Å². The summed E-state index contributed by atoms with van der Waals surface area (Å²) in [4.78, 5) is 26.5. The number of aliphatic carboxylic acids is 1. The van der Waals surface area contributed by atoms with E-state index in [0.29, 0.717) is 26.2 Å². The average Bonchev–Trinajstić information content (AvgIpc) is 2.66. The normalized spacial score (nSPS) is 16.5. The minimum Gasteiger partial charge on any atom is -0.480 e. The summed E-state index contributed by atoms with van der Waals surface area (Å²) in [6, 6.07) is 5.92. The van der Waals surface area contributed by atoms with E-state index < -0.39 is 5.97 Å². The number of carbonyl (C=O) groups is 2. The van der Waals surface area contributed by atoms with Gasteiger partial charge in [0.25, 0.3) is 0 Å². The third-order valence-corrected chi connectivity index (χ3v) is 3.57. The van der Waals surface area contributed by atoms with Crippen LogP contribution in [-0.2, 0) is 16.0 Å². The molecule has 1 aliphatic heterocycles. The van der Waals surface area contributed by atoms with Crippen LogP contribution in [0.3, 0.4) is 0 Å². The summed E-state index contributed by atoms with van der Waals surface area (Å²) in [5, 5.41) is 8.80. The standard InChI is InChI=1S/C15H19FN2O3/c16-13-4-2-12(3-5-13)10-14(19)18-7-1-6-17(8-9-18)11-15(20)21/h2-5H,1,6-11H2,(H,20,21). The van der Waals surface area contributed by atoms with Crippen LogP contribution in [0.1, 0.15) is 12.0 Å². The molecule has 2 rings (SSSR count). The van der Waals surface area contributed by atoms with Gasteiger partial charge in [0.15, 0.2) is 0 Å². The lowest BCUT2D eigenvalue weighted by Gasteiger charge is -2.21. The maximum absolute atomic E-state index is 12.8. The van der Waals surface area contributed by atoms with E-state index in [1.807, 2.05) is 4.90 Å². The molecule has 1 heterocycles. The van der Waals surface area contributed by atoms with Gasteiger partial charge in [-0.15, -0.1) is 0 Å². The molecule has 1 fully saturated rings. The first-order chi connectivity index (χ1) is 10.0. The van der Waals surface area contributed by atoms with Crippen molar-refractivity contribution in [1.82, 2.24) is 9.80 Å². The van der Waals surface area contributed by atoms with Crippen LogP contribution in [0, 0.1) is 5.82 Å². The minimum absolute atomic E-state index is 0.00113. The van der Waals surface area contributed by atoms with Gasteiger partial charge in [0.05, 0.1) is 13.0 Å². The van der Waals surface area contributed by atoms with Gasteiger partial charge in [-0.05, 0) is 24.1 Å². The van der Waals surface area contributed by atoms with Crippen molar-refractivity contribution in [2.75, 3.05) is 32.7 Å². The largest absolute Gasteiger partial charge is 0.480 e. The van der Waals surface area contributed by atoms with E-state index >= 15 is 0 Å². The van der Waals surface area contributed by atoms with E-state index in [1.165, 1.54) is 12.1 Å². The zero-order valence-corrected chi connectivity index (χ0v) is 11.8. The summed E-state index contributed by atoms with van der Waals surface area (Å²) < 4.78 is 12.8. The molecule has 1 saturated heterocycles. The first-order valence-corrected chi connectivity index (χ1v) is 7.01. The number of amides is 1. The van der Waals surface area contributed by atoms with Gasteiger partial charge in [0.1, 0.15) is 5.82 Å². The number of nitrogens with zero attached hydrogens (tertiary/aromatic N) is 2. The first-order valence-electron chi connectivity index (χ1n) is 7.01. The molecular weight excluding hydrogens is 275 g/mol. The van der Waals surface area contributed by atoms with Crippen molar-refractivity contribution in [3.05, 3.63) is 35.6 Å². The average molecular weight is 294 g/mol. The van der Waals surface area contributed by atoms with E-state index in [2.05, 4.69) is 0 Å². The fourth-order valence-electron chi connectivity index (χ4n) is 2.46. The number of hydrogen-bond donors (Lipinski definition) is 1. The molecule has 0 unspecified atom stereocenters. The molecule has 114 valence electrons. The van der Waals surface area contributed by atoms with Gasteiger partial charge in [-0.1, -0.05) is 12.1 Å². The van der Waals surface area contributed by atoms with Gasteiger partial charge in [0, 0.05) is 26.2 Å². The molecule has 0 aliphatic carbocycles. The number of rotatable bonds is 4. The Balaban J connectivity index is 1.88. The van der Waals surface area contributed by atoms with Crippen molar-refractivity contribution in [3.63, 3.8) is 0 Å². The Kier molecular flexibility index (Phi) is 5.27. The van der Waals surface area contributed by atoms with Crippen LogP contribution in [0.25, 0.3) is 0 Å². The number of carbonyl (C=O) groups excluding carboxylic acids is 1. The zero-order chi connectivity index (χ0) is 15.2. The summed E-state index contributed by atoms with van der Waals surface area (Å²) in [6.07, 6.45) is 1.02. The second kappa shape index (κ2) is 7.17. The van der Waals surface area contributed by atoms with Crippen LogP contribution in [0.5, 0.6) is 0 Å². The van der Waals surface area contributed by atoms with Gasteiger partial charge < -0.3 is 10.0 Å². The minimum atomic E-state index is -0.846. The molecule has 0 spiro atoms. The van der Waals surface area contributed by atoms with E-state index in [9.17, 15) is 14.0 Å². The topological polar surface area (TPSA) is 60.9 Å². The Bertz CT molecular complexity index is 504. The molecule has 0 atom stereocenters. The number of benzene rings is 1. The summed E-state index contributed by atoms with van der Waals surface area (Å²) in [5.41, 5.74) is 0.785. The van der Waals surface area contributed by atoms with Crippen LogP contribution in [-0.4, -0.2) is 59.5 Å². The van der Waals surface area contributed by atoms with Crippen LogP contribution in [0.2, 0.25) is 0 Å². The molecule has 1 amide bonds. The highest BCUT2D eigenvalue weighted by Gasteiger charge is 2.20. The highest BCUT2D eigenvalue weighted by molar-refractivity contribution is 5.78. The van der Waals surface area contributed by atoms with Crippen LogP contribution < -0.4 is 0 Å². The fourth-order valence-corrected chi connectivity index (χ4v) is 2.46. The second-order valence-corrected chi connectivity index (χ2v) is 5.21. The lowest BCUT2D eigenvalue weighted by molar-refractivity contribution is -0.138. The monoisotopic (exact) mass is 294 g/mol. The lowest BCUT2D eigenvalue weighted by atomic mass is 10.1. The quantitative estimate of drug-likeness (QED) is 0.899. The Hall–Kier alpha value is -1.95. The van der Waals surface area contributed by atoms with E-state index in [-0.39, 0.29) is 24.7 Å². The van der Waals surface area contributed by atoms with Gasteiger partial charge in [-0.3, -0.25) is 14.5 Å². The maximum atomic E-state index is 12.8. The van der Waals surface area contributed by atoms with Gasteiger partial charge >= 0.3 is 5.97 Å². The Morgan fingerprint density at radius 3 is 2.48 bits per heavy atom. The highest BCUT2D eigenvalue weighted by atomic mass is 19.1. The number of carboxylic acid groups (broad SMARTS) is 1.